The van der Waals surface area contributed by atoms with Gasteiger partial charge in [0.1, 0.15) is 0 Å². The number of amides is 1. The number of benzene rings is 2. The van der Waals surface area contributed by atoms with Crippen molar-refractivity contribution in [2.45, 2.75) is 19.9 Å². The molecule has 3 heterocycles. The molecule has 6 nitrogen and oxygen atoms in total. The fraction of sp³-hybridized carbons (Fsp3) is 0.125. The topological polar surface area (TPSA) is 83.6 Å². The number of aryl methyl sites for hydroxylation is 2. The molecule has 33 heavy (non-hydrogen) atoms. The molecule has 0 saturated heterocycles. The fourth-order valence-electron chi connectivity index (χ4n) is 4.03. The van der Waals surface area contributed by atoms with Gasteiger partial charge in [-0.15, -0.1) is 0 Å². The molecule has 1 aliphatic heterocycles. The lowest BCUT2D eigenvalue weighted by Gasteiger charge is -2.24. The molecule has 1 atom stereocenters. The highest BCUT2D eigenvalue weighted by molar-refractivity contribution is 7.22. The summed E-state index contributed by atoms with van der Waals surface area (Å²) in [5, 5.41) is 11.8. The standard InChI is InChI=1S/C24H16Cl2N2O4S/c1-11-8-12(2)19-17(9-11)33-24(27-19)28-20(13-5-6-14(25)15(26)10-13)18(22(30)23(28)31)21(29)16-4-3-7-32-16/h3-10,20,30H,1-2H3. The van der Waals surface area contributed by atoms with Crippen molar-refractivity contribution in [3.63, 3.8) is 0 Å². The van der Waals surface area contributed by atoms with E-state index in [1.54, 1.807) is 24.3 Å². The monoisotopic (exact) mass is 498 g/mol. The van der Waals surface area contributed by atoms with Crippen LogP contribution in [0.15, 0.2) is 64.5 Å². The van der Waals surface area contributed by atoms with Crippen molar-refractivity contribution in [1.29, 1.82) is 0 Å². The van der Waals surface area contributed by atoms with Gasteiger partial charge in [-0.1, -0.05) is 46.7 Å². The second-order valence-corrected chi connectivity index (χ2v) is 9.57. The van der Waals surface area contributed by atoms with E-state index < -0.39 is 23.5 Å². The lowest BCUT2D eigenvalue weighted by Crippen LogP contribution is -2.31. The average Bonchev–Trinajstić information content (AvgIpc) is 3.49. The maximum absolute atomic E-state index is 13.3. The summed E-state index contributed by atoms with van der Waals surface area (Å²) in [4.78, 5) is 32.6. The molecule has 1 amide bonds. The molecule has 1 N–H and O–H groups in total. The van der Waals surface area contributed by atoms with Gasteiger partial charge in [-0.3, -0.25) is 14.5 Å². The van der Waals surface area contributed by atoms with E-state index in [9.17, 15) is 14.7 Å². The Morgan fingerprint density at radius 2 is 1.94 bits per heavy atom. The number of Topliss-reactive ketones (excluding diaryl/α,β-unsaturated/α-hetero) is 1. The minimum Gasteiger partial charge on any atom is -0.503 e. The highest BCUT2D eigenvalue weighted by Crippen LogP contribution is 2.45. The first-order valence-corrected chi connectivity index (χ1v) is 11.5. The molecule has 0 spiro atoms. The van der Waals surface area contributed by atoms with E-state index in [1.165, 1.54) is 28.6 Å². The predicted molar refractivity (Wildman–Crippen MR) is 128 cm³/mol. The zero-order valence-electron chi connectivity index (χ0n) is 17.4. The fourth-order valence-corrected chi connectivity index (χ4v) is 5.51. The summed E-state index contributed by atoms with van der Waals surface area (Å²) in [7, 11) is 0. The molecule has 1 unspecified atom stereocenters. The highest BCUT2D eigenvalue weighted by Gasteiger charge is 2.46. The van der Waals surface area contributed by atoms with Crippen molar-refractivity contribution < 1.29 is 19.1 Å². The number of thiazole rings is 1. The zero-order chi connectivity index (χ0) is 23.4. The Balaban J connectivity index is 1.71. The number of carbonyl (C=O) groups is 2. The molecular formula is C24H16Cl2N2O4S. The van der Waals surface area contributed by atoms with E-state index >= 15 is 0 Å². The number of aliphatic hydroxyl groups is 1. The van der Waals surface area contributed by atoms with Crippen LogP contribution in [0.2, 0.25) is 10.0 Å². The third-order valence-electron chi connectivity index (χ3n) is 5.48. The van der Waals surface area contributed by atoms with Gasteiger partial charge in [-0.2, -0.15) is 0 Å². The highest BCUT2D eigenvalue weighted by atomic mass is 35.5. The number of halogens is 2. The van der Waals surface area contributed by atoms with Gasteiger partial charge in [0.2, 0.25) is 5.78 Å². The van der Waals surface area contributed by atoms with E-state index in [4.69, 9.17) is 27.6 Å². The number of nitrogens with zero attached hydrogens (tertiary/aromatic N) is 2. The Morgan fingerprint density at radius 3 is 2.64 bits per heavy atom. The Labute approximate surface area is 202 Å². The van der Waals surface area contributed by atoms with E-state index in [2.05, 4.69) is 4.98 Å². The lowest BCUT2D eigenvalue weighted by atomic mass is 9.95. The van der Waals surface area contributed by atoms with Crippen molar-refractivity contribution in [3.8, 4) is 0 Å². The van der Waals surface area contributed by atoms with Crippen molar-refractivity contribution in [3.05, 3.63) is 92.6 Å². The molecule has 9 heteroatoms. The Kier molecular flexibility index (Phi) is 5.28. The first kappa shape index (κ1) is 21.7. The van der Waals surface area contributed by atoms with Gasteiger partial charge in [-0.05, 0) is 60.9 Å². The number of hydrogen-bond acceptors (Lipinski definition) is 6. The molecule has 2 aromatic carbocycles. The SMILES string of the molecule is Cc1cc(C)c2nc(N3C(=O)C(O)=C(C(=O)c4ccco4)C3c3ccc(Cl)c(Cl)c3)sc2c1. The van der Waals surface area contributed by atoms with Gasteiger partial charge in [0.15, 0.2) is 16.7 Å². The molecular weight excluding hydrogens is 483 g/mol. The molecule has 0 bridgehead atoms. The van der Waals surface area contributed by atoms with E-state index in [1.807, 2.05) is 26.0 Å². The Bertz CT molecular complexity index is 1470. The van der Waals surface area contributed by atoms with Gasteiger partial charge < -0.3 is 9.52 Å². The second-order valence-electron chi connectivity index (χ2n) is 7.74. The van der Waals surface area contributed by atoms with Crippen LogP contribution in [0.4, 0.5) is 5.13 Å². The number of anilines is 1. The van der Waals surface area contributed by atoms with Crippen molar-refractivity contribution in [2.75, 3.05) is 4.90 Å². The van der Waals surface area contributed by atoms with Crippen LogP contribution in [-0.2, 0) is 4.79 Å². The minimum atomic E-state index is -0.966. The number of furan rings is 1. The van der Waals surface area contributed by atoms with Crippen molar-refractivity contribution >= 4 is 61.6 Å². The predicted octanol–water partition coefficient (Wildman–Crippen LogP) is 6.60. The van der Waals surface area contributed by atoms with Crippen LogP contribution < -0.4 is 4.90 Å². The maximum atomic E-state index is 13.3. The number of fused-ring (bicyclic) bond motifs is 1. The van der Waals surface area contributed by atoms with Crippen LogP contribution in [0.1, 0.15) is 33.3 Å². The van der Waals surface area contributed by atoms with E-state index in [-0.39, 0.29) is 16.4 Å². The molecule has 0 saturated carbocycles. The number of hydrogen-bond donors (Lipinski definition) is 1. The molecule has 166 valence electrons. The molecule has 0 fully saturated rings. The van der Waals surface area contributed by atoms with Crippen LogP contribution in [-0.4, -0.2) is 21.8 Å². The summed E-state index contributed by atoms with van der Waals surface area (Å²) < 4.78 is 6.15. The molecule has 0 aliphatic carbocycles. The summed E-state index contributed by atoms with van der Waals surface area (Å²) >= 11 is 13.7. The first-order chi connectivity index (χ1) is 15.8. The van der Waals surface area contributed by atoms with Gasteiger partial charge in [0.25, 0.3) is 5.91 Å². The minimum absolute atomic E-state index is 0.00651. The third kappa shape index (κ3) is 3.53. The van der Waals surface area contributed by atoms with Crippen molar-refractivity contribution in [2.24, 2.45) is 0 Å². The second kappa shape index (κ2) is 8.02. The molecule has 0 radical (unpaired) electrons. The smallest absolute Gasteiger partial charge is 0.296 e. The summed E-state index contributed by atoms with van der Waals surface area (Å²) in [6.07, 6.45) is 1.35. The number of aromatic nitrogens is 1. The summed E-state index contributed by atoms with van der Waals surface area (Å²) in [5.41, 5.74) is 3.18. The molecule has 5 rings (SSSR count). The molecule has 1 aliphatic rings. The molecule has 4 aromatic rings. The Morgan fingerprint density at radius 1 is 1.15 bits per heavy atom. The number of ketones is 1. The zero-order valence-corrected chi connectivity index (χ0v) is 19.8. The average molecular weight is 499 g/mol. The molecule has 2 aromatic heterocycles. The normalized spacial score (nSPS) is 16.3. The Hall–Kier alpha value is -3.13. The third-order valence-corrected chi connectivity index (χ3v) is 7.22. The van der Waals surface area contributed by atoms with E-state index in [0.29, 0.717) is 15.7 Å². The van der Waals surface area contributed by atoms with Crippen LogP contribution in [0.3, 0.4) is 0 Å². The summed E-state index contributed by atoms with van der Waals surface area (Å²) in [5.74, 6) is -1.97. The first-order valence-electron chi connectivity index (χ1n) is 9.94. The largest absolute Gasteiger partial charge is 0.503 e. The number of carbonyl (C=O) groups excluding carboxylic acids is 2. The maximum Gasteiger partial charge on any atom is 0.296 e. The van der Waals surface area contributed by atoms with Crippen LogP contribution in [0, 0.1) is 13.8 Å². The lowest BCUT2D eigenvalue weighted by molar-refractivity contribution is -0.117. The van der Waals surface area contributed by atoms with Gasteiger partial charge >= 0.3 is 0 Å². The van der Waals surface area contributed by atoms with Gasteiger partial charge in [-0.25, -0.2) is 4.98 Å². The van der Waals surface area contributed by atoms with Gasteiger partial charge in [0, 0.05) is 0 Å². The van der Waals surface area contributed by atoms with E-state index in [0.717, 1.165) is 21.3 Å². The van der Waals surface area contributed by atoms with Crippen molar-refractivity contribution in [1.82, 2.24) is 4.98 Å². The van der Waals surface area contributed by atoms with Crippen LogP contribution >= 0.6 is 34.5 Å². The summed E-state index contributed by atoms with van der Waals surface area (Å²) in [6, 6.07) is 10.9. The summed E-state index contributed by atoms with van der Waals surface area (Å²) in [6.45, 7) is 3.93. The number of aliphatic hydroxyl groups excluding tert-OH is 1. The quantitative estimate of drug-likeness (QED) is 0.320. The van der Waals surface area contributed by atoms with Gasteiger partial charge in [0.05, 0.1) is 38.1 Å². The van der Waals surface area contributed by atoms with Crippen LogP contribution in [0.5, 0.6) is 0 Å². The van der Waals surface area contributed by atoms with Crippen LogP contribution in [0.25, 0.3) is 10.2 Å². The number of rotatable bonds is 4.